The summed E-state index contributed by atoms with van der Waals surface area (Å²) in [4.78, 5) is 45.9. The van der Waals surface area contributed by atoms with Crippen molar-refractivity contribution in [2.75, 3.05) is 0 Å². The molecule has 11 nitrogen and oxygen atoms in total. The Morgan fingerprint density at radius 1 is 0.788 bits per heavy atom. The van der Waals surface area contributed by atoms with Crippen LogP contribution in [0.5, 0.6) is 11.6 Å². The summed E-state index contributed by atoms with van der Waals surface area (Å²) in [6.45, 7) is 0. The number of pyridine rings is 1. The van der Waals surface area contributed by atoms with Gasteiger partial charge in [-0.3, -0.25) is 9.79 Å². The lowest BCUT2D eigenvalue weighted by Gasteiger charge is -2.20. The van der Waals surface area contributed by atoms with Crippen LogP contribution >= 0.6 is 15.6 Å². The fourth-order valence-electron chi connectivity index (χ4n) is 3.18. The summed E-state index contributed by atoms with van der Waals surface area (Å²) in [7, 11) is -9.95. The lowest BCUT2D eigenvalue weighted by Crippen LogP contribution is -2.13. The molecule has 4 aromatic rings. The molecule has 4 N–H and O–H groups in total. The van der Waals surface area contributed by atoms with E-state index in [0.29, 0.717) is 16.3 Å². The molecule has 4 rings (SSSR count). The summed E-state index contributed by atoms with van der Waals surface area (Å²) in [5.74, 6) is -0.416. The van der Waals surface area contributed by atoms with Crippen LogP contribution in [0.4, 0.5) is 0 Å². The zero-order chi connectivity index (χ0) is 23.6. The lowest BCUT2D eigenvalue weighted by atomic mass is 10.0. The number of ether oxygens (including phenoxy) is 1. The first-order valence-corrected chi connectivity index (χ1v) is 12.3. The molecule has 0 aliphatic carbocycles. The van der Waals surface area contributed by atoms with Gasteiger partial charge in [-0.05, 0) is 22.9 Å². The summed E-state index contributed by atoms with van der Waals surface area (Å²) >= 11 is 0. The highest BCUT2D eigenvalue weighted by molar-refractivity contribution is 7.46. The zero-order valence-electron chi connectivity index (χ0n) is 16.6. The standard InChI is InChI=1S/C20H17NO10P2/c22-32(23,24)30-18-12-19(21-17-11-4-3-9-16(17)18)28-20(29-31-33(25,26)27)15-10-5-7-13-6-1-2-8-14(13)15/h1-12,20H,(H2,22,23,24)(H2,25,26,27). The van der Waals surface area contributed by atoms with Crippen LogP contribution in [0, 0.1) is 0 Å². The number of benzene rings is 3. The molecule has 1 atom stereocenters. The van der Waals surface area contributed by atoms with Gasteiger partial charge < -0.3 is 19.0 Å². The number of rotatable bonds is 8. The lowest BCUT2D eigenvalue weighted by molar-refractivity contribution is -0.311. The number of phosphoric acid groups is 2. The number of phosphoric ester groups is 1. The zero-order valence-corrected chi connectivity index (χ0v) is 18.4. The van der Waals surface area contributed by atoms with E-state index in [1.807, 2.05) is 18.2 Å². The van der Waals surface area contributed by atoms with Gasteiger partial charge in [0.05, 0.1) is 5.52 Å². The number of hydrogen-bond donors (Lipinski definition) is 4. The van der Waals surface area contributed by atoms with E-state index in [2.05, 4.69) is 9.66 Å². The molecule has 0 bridgehead atoms. The van der Waals surface area contributed by atoms with E-state index >= 15 is 0 Å². The Morgan fingerprint density at radius 2 is 1.45 bits per heavy atom. The topological polar surface area (TPSA) is 165 Å². The van der Waals surface area contributed by atoms with Gasteiger partial charge in [0, 0.05) is 17.0 Å². The monoisotopic (exact) mass is 493 g/mol. The average Bonchev–Trinajstić information content (AvgIpc) is 2.75. The van der Waals surface area contributed by atoms with Crippen molar-refractivity contribution in [1.82, 2.24) is 4.98 Å². The molecule has 1 heterocycles. The summed E-state index contributed by atoms with van der Waals surface area (Å²) in [5.41, 5.74) is 0.639. The summed E-state index contributed by atoms with van der Waals surface area (Å²) in [6, 6.07) is 19.8. The third kappa shape index (κ3) is 5.94. The van der Waals surface area contributed by atoms with E-state index in [0.717, 1.165) is 11.5 Å². The van der Waals surface area contributed by atoms with Crippen molar-refractivity contribution in [2.45, 2.75) is 6.29 Å². The molecule has 0 radical (unpaired) electrons. The minimum absolute atomic E-state index is 0.204. The van der Waals surface area contributed by atoms with Crippen LogP contribution in [0.3, 0.4) is 0 Å². The first-order valence-electron chi connectivity index (χ1n) is 9.29. The van der Waals surface area contributed by atoms with Gasteiger partial charge in [0.25, 0.3) is 6.29 Å². The third-order valence-electron chi connectivity index (χ3n) is 4.40. The number of nitrogens with zero attached hydrogens (tertiary/aromatic N) is 1. The second-order valence-electron chi connectivity index (χ2n) is 6.74. The van der Waals surface area contributed by atoms with E-state index in [1.54, 1.807) is 48.5 Å². The van der Waals surface area contributed by atoms with Crippen LogP contribution in [-0.2, 0) is 18.7 Å². The van der Waals surface area contributed by atoms with Crippen molar-refractivity contribution in [2.24, 2.45) is 0 Å². The van der Waals surface area contributed by atoms with Gasteiger partial charge in [-0.2, -0.15) is 4.89 Å². The second kappa shape index (κ2) is 9.18. The van der Waals surface area contributed by atoms with Gasteiger partial charge in [0.1, 0.15) is 5.75 Å². The summed E-state index contributed by atoms with van der Waals surface area (Å²) < 4.78 is 37.4. The van der Waals surface area contributed by atoms with Crippen molar-refractivity contribution >= 4 is 37.3 Å². The maximum atomic E-state index is 11.4. The molecule has 13 heteroatoms. The molecule has 0 fully saturated rings. The van der Waals surface area contributed by atoms with Crippen LogP contribution in [0.25, 0.3) is 21.7 Å². The van der Waals surface area contributed by atoms with Crippen LogP contribution < -0.4 is 9.26 Å². The van der Waals surface area contributed by atoms with E-state index in [9.17, 15) is 18.9 Å². The highest BCUT2D eigenvalue weighted by atomic mass is 31.2. The normalized spacial score (nSPS) is 13.2. The van der Waals surface area contributed by atoms with Crippen molar-refractivity contribution in [3.05, 3.63) is 78.4 Å². The van der Waals surface area contributed by atoms with Crippen LogP contribution in [0.2, 0.25) is 0 Å². The largest absolute Gasteiger partial charge is 0.524 e. The average molecular weight is 493 g/mol. The number of para-hydroxylation sites is 1. The Bertz CT molecular complexity index is 1400. The highest BCUT2D eigenvalue weighted by Gasteiger charge is 2.26. The van der Waals surface area contributed by atoms with E-state index in [-0.39, 0.29) is 17.1 Å². The molecule has 1 aromatic heterocycles. The number of fused-ring (bicyclic) bond motifs is 2. The Balaban J connectivity index is 1.79. The minimum Gasteiger partial charge on any atom is -0.441 e. The third-order valence-corrected chi connectivity index (χ3v) is 5.12. The Kier molecular flexibility index (Phi) is 6.49. The van der Waals surface area contributed by atoms with Gasteiger partial charge in [0.2, 0.25) is 5.88 Å². The van der Waals surface area contributed by atoms with Crippen LogP contribution in [-0.4, -0.2) is 24.6 Å². The molecule has 1 unspecified atom stereocenters. The van der Waals surface area contributed by atoms with Crippen LogP contribution in [0.1, 0.15) is 11.9 Å². The molecular weight excluding hydrogens is 476 g/mol. The Hall–Kier alpha value is -2.85. The van der Waals surface area contributed by atoms with Crippen molar-refractivity contribution in [3.63, 3.8) is 0 Å². The van der Waals surface area contributed by atoms with E-state index < -0.39 is 21.9 Å². The van der Waals surface area contributed by atoms with Gasteiger partial charge >= 0.3 is 15.6 Å². The maximum Gasteiger partial charge on any atom is 0.524 e. The predicted molar refractivity (Wildman–Crippen MR) is 116 cm³/mol. The molecule has 0 aliphatic rings. The SMILES string of the molecule is O=P(O)(O)OOC(Oc1cc(OP(=O)(O)O)c2ccccc2n1)c1cccc2ccccc12. The minimum atomic E-state index is -5.03. The fourth-order valence-corrected chi connectivity index (χ4v) is 3.78. The van der Waals surface area contributed by atoms with E-state index in [4.69, 9.17) is 23.9 Å². The molecule has 0 spiro atoms. The molecule has 0 saturated carbocycles. The van der Waals surface area contributed by atoms with E-state index in [1.165, 1.54) is 0 Å². The Labute approximate surface area is 186 Å². The molecule has 0 amide bonds. The molecule has 3 aromatic carbocycles. The van der Waals surface area contributed by atoms with Crippen molar-refractivity contribution in [3.8, 4) is 11.6 Å². The van der Waals surface area contributed by atoms with Crippen LogP contribution in [0.15, 0.2) is 72.8 Å². The predicted octanol–water partition coefficient (Wildman–Crippen LogP) is 3.98. The quantitative estimate of drug-likeness (QED) is 0.121. The van der Waals surface area contributed by atoms with Crippen molar-refractivity contribution in [1.29, 1.82) is 0 Å². The first-order chi connectivity index (χ1) is 15.6. The van der Waals surface area contributed by atoms with Gasteiger partial charge in [-0.25, -0.2) is 14.1 Å². The summed E-state index contributed by atoms with van der Waals surface area (Å²) in [6.07, 6.45) is -1.51. The number of aromatic nitrogens is 1. The molecule has 0 aliphatic heterocycles. The van der Waals surface area contributed by atoms with Gasteiger partial charge in [-0.15, -0.1) is 4.67 Å². The van der Waals surface area contributed by atoms with Gasteiger partial charge in [-0.1, -0.05) is 54.6 Å². The first kappa shape index (κ1) is 23.3. The van der Waals surface area contributed by atoms with Crippen molar-refractivity contribution < 1.29 is 47.5 Å². The highest BCUT2D eigenvalue weighted by Crippen LogP contribution is 2.43. The van der Waals surface area contributed by atoms with Gasteiger partial charge in [0.15, 0.2) is 0 Å². The maximum absolute atomic E-state index is 11.4. The fraction of sp³-hybridized carbons (Fsp3) is 0.0500. The summed E-state index contributed by atoms with van der Waals surface area (Å²) in [5, 5.41) is 1.74. The second-order valence-corrected chi connectivity index (χ2v) is 9.03. The molecule has 0 saturated heterocycles. The smallest absolute Gasteiger partial charge is 0.441 e. The number of hydrogen-bond acceptors (Lipinski definition) is 7. The molecular formula is C20H17NO10P2. The molecule has 172 valence electrons. The molecule has 33 heavy (non-hydrogen) atoms. The Morgan fingerprint density at radius 3 is 2.18 bits per heavy atom.